The zero-order valence-electron chi connectivity index (χ0n) is 17.9. The molecule has 8 heteroatoms. The van der Waals surface area contributed by atoms with Crippen molar-refractivity contribution in [1.29, 1.82) is 0 Å². The minimum Gasteiger partial charge on any atom is -0.454 e. The summed E-state index contributed by atoms with van der Waals surface area (Å²) in [4.78, 5) is 22.6. The molecule has 0 N–H and O–H groups in total. The summed E-state index contributed by atoms with van der Waals surface area (Å²) in [6.45, 7) is 4.87. The fourth-order valence-corrected chi connectivity index (χ4v) is 4.17. The molecule has 1 aliphatic heterocycles. The first-order valence-corrected chi connectivity index (χ1v) is 10.8. The molecule has 33 heavy (non-hydrogen) atoms. The third-order valence-corrected chi connectivity index (χ3v) is 5.79. The van der Waals surface area contributed by atoms with E-state index < -0.39 is 5.82 Å². The Labute approximate surface area is 190 Å². The first-order chi connectivity index (χ1) is 16.1. The van der Waals surface area contributed by atoms with E-state index in [0.29, 0.717) is 18.8 Å². The first-order valence-electron chi connectivity index (χ1n) is 10.8. The van der Waals surface area contributed by atoms with Crippen molar-refractivity contribution in [2.75, 3.05) is 13.1 Å². The zero-order chi connectivity index (χ0) is 22.8. The molecule has 2 aromatic heterocycles. The number of ether oxygens (including phenoxy) is 1. The van der Waals surface area contributed by atoms with E-state index in [1.165, 1.54) is 18.5 Å². The average Bonchev–Trinajstić information content (AvgIpc) is 3.25. The first kappa shape index (κ1) is 20.8. The van der Waals surface area contributed by atoms with Gasteiger partial charge in [0.15, 0.2) is 17.2 Å². The van der Waals surface area contributed by atoms with Gasteiger partial charge in [0, 0.05) is 24.8 Å². The van der Waals surface area contributed by atoms with Crippen LogP contribution < -0.4 is 4.74 Å². The molecule has 7 nitrogen and oxygen atoms in total. The third kappa shape index (κ3) is 4.07. The monoisotopic (exact) mass is 443 g/mol. The summed E-state index contributed by atoms with van der Waals surface area (Å²) in [5.74, 6) is 0.204. The van der Waals surface area contributed by atoms with Gasteiger partial charge in [0.2, 0.25) is 5.91 Å². The van der Waals surface area contributed by atoms with E-state index in [9.17, 15) is 9.18 Å². The highest BCUT2D eigenvalue weighted by molar-refractivity contribution is 5.90. The topological polar surface area (TPSA) is 73.1 Å². The Balaban J connectivity index is 1.46. The lowest BCUT2D eigenvalue weighted by Crippen LogP contribution is -2.40. The minimum atomic E-state index is -0.417. The van der Waals surface area contributed by atoms with Gasteiger partial charge in [-0.1, -0.05) is 18.7 Å². The normalized spacial score (nSPS) is 16.0. The SMILES string of the molecule is C=CC(=O)N1CCC[C@@H](n2nc(-c3ccc(Oc4ccccc4F)cc3)c3cncnc32)C1. The highest BCUT2D eigenvalue weighted by Gasteiger charge is 2.27. The fraction of sp³-hybridized carbons (Fsp3) is 0.200. The molecular formula is C25H22FN5O2. The van der Waals surface area contributed by atoms with E-state index in [0.717, 1.165) is 35.1 Å². The highest BCUT2D eigenvalue weighted by Crippen LogP contribution is 2.33. The Kier molecular flexibility index (Phi) is 5.56. The molecule has 0 radical (unpaired) electrons. The standard InChI is InChI=1S/C25H22FN5O2/c1-2-23(32)30-13-5-6-18(15-30)31-25-20(14-27-16-28-25)24(29-31)17-9-11-19(12-10-17)33-22-8-4-3-7-21(22)26/h2-4,7-12,14,16,18H,1,5-6,13,15H2/t18-/m1/s1. The molecule has 0 unspecified atom stereocenters. The molecule has 0 saturated carbocycles. The number of carbonyl (C=O) groups is 1. The minimum absolute atomic E-state index is 0.0115. The van der Waals surface area contributed by atoms with Gasteiger partial charge in [0.1, 0.15) is 17.8 Å². The molecule has 1 fully saturated rings. The number of amides is 1. The van der Waals surface area contributed by atoms with Crippen molar-refractivity contribution in [1.82, 2.24) is 24.6 Å². The lowest BCUT2D eigenvalue weighted by molar-refractivity contribution is -0.127. The van der Waals surface area contributed by atoms with E-state index in [2.05, 4.69) is 16.5 Å². The van der Waals surface area contributed by atoms with E-state index >= 15 is 0 Å². The molecule has 4 aromatic rings. The predicted molar refractivity (Wildman–Crippen MR) is 122 cm³/mol. The zero-order valence-corrected chi connectivity index (χ0v) is 17.9. The van der Waals surface area contributed by atoms with Gasteiger partial charge >= 0.3 is 0 Å². The van der Waals surface area contributed by atoms with Gasteiger partial charge in [-0.3, -0.25) is 4.79 Å². The number of benzene rings is 2. The number of likely N-dealkylation sites (tertiary alicyclic amines) is 1. The highest BCUT2D eigenvalue weighted by atomic mass is 19.1. The van der Waals surface area contributed by atoms with Crippen molar-refractivity contribution in [2.24, 2.45) is 0 Å². The molecule has 5 rings (SSSR count). The second-order valence-electron chi connectivity index (χ2n) is 7.89. The maximum Gasteiger partial charge on any atom is 0.246 e. The second-order valence-corrected chi connectivity index (χ2v) is 7.89. The summed E-state index contributed by atoms with van der Waals surface area (Å²) in [5, 5.41) is 5.71. The summed E-state index contributed by atoms with van der Waals surface area (Å²) >= 11 is 0. The number of hydrogen-bond donors (Lipinski definition) is 0. The van der Waals surface area contributed by atoms with Crippen molar-refractivity contribution >= 4 is 16.9 Å². The van der Waals surface area contributed by atoms with Crippen molar-refractivity contribution in [2.45, 2.75) is 18.9 Å². The van der Waals surface area contributed by atoms with Crippen molar-refractivity contribution < 1.29 is 13.9 Å². The van der Waals surface area contributed by atoms with E-state index in [-0.39, 0.29) is 17.7 Å². The van der Waals surface area contributed by atoms with Gasteiger partial charge < -0.3 is 9.64 Å². The van der Waals surface area contributed by atoms with Crippen molar-refractivity contribution in [3.63, 3.8) is 0 Å². The van der Waals surface area contributed by atoms with Crippen LogP contribution in [0.25, 0.3) is 22.3 Å². The van der Waals surface area contributed by atoms with E-state index in [4.69, 9.17) is 9.84 Å². The smallest absolute Gasteiger partial charge is 0.246 e. The molecule has 1 amide bonds. The summed E-state index contributed by atoms with van der Waals surface area (Å²) < 4.78 is 21.5. The Morgan fingerprint density at radius 2 is 2.00 bits per heavy atom. The Morgan fingerprint density at radius 1 is 1.18 bits per heavy atom. The summed E-state index contributed by atoms with van der Waals surface area (Å²) in [6.07, 6.45) is 6.39. The molecular weight excluding hydrogens is 421 g/mol. The van der Waals surface area contributed by atoms with Crippen LogP contribution in [-0.2, 0) is 4.79 Å². The Bertz CT molecular complexity index is 1320. The fourth-order valence-electron chi connectivity index (χ4n) is 4.17. The molecule has 1 aliphatic rings. The van der Waals surface area contributed by atoms with E-state index in [1.807, 2.05) is 16.8 Å². The number of fused-ring (bicyclic) bond motifs is 1. The number of carbonyl (C=O) groups excluding carboxylic acids is 1. The maximum absolute atomic E-state index is 13.9. The van der Waals surface area contributed by atoms with Gasteiger partial charge in [0.25, 0.3) is 0 Å². The summed E-state index contributed by atoms with van der Waals surface area (Å²) in [7, 11) is 0. The molecule has 2 aromatic carbocycles. The number of hydrogen-bond acceptors (Lipinski definition) is 5. The second kappa shape index (κ2) is 8.82. The number of para-hydroxylation sites is 1. The van der Waals surface area contributed by atoms with Crippen LogP contribution in [0.15, 0.2) is 73.7 Å². The van der Waals surface area contributed by atoms with Gasteiger partial charge in [-0.2, -0.15) is 5.10 Å². The van der Waals surface area contributed by atoms with Gasteiger partial charge in [-0.15, -0.1) is 0 Å². The van der Waals surface area contributed by atoms with Crippen LogP contribution in [0.2, 0.25) is 0 Å². The van der Waals surface area contributed by atoms with Crippen LogP contribution >= 0.6 is 0 Å². The predicted octanol–water partition coefficient (Wildman–Crippen LogP) is 4.77. The molecule has 166 valence electrons. The maximum atomic E-state index is 13.9. The van der Waals surface area contributed by atoms with Crippen LogP contribution in [0.4, 0.5) is 4.39 Å². The van der Waals surface area contributed by atoms with Crippen molar-refractivity contribution in [3.05, 3.63) is 79.5 Å². The number of aromatic nitrogens is 4. The quantitative estimate of drug-likeness (QED) is 0.415. The number of halogens is 1. The molecule has 1 saturated heterocycles. The number of rotatable bonds is 5. The third-order valence-electron chi connectivity index (χ3n) is 5.79. The summed E-state index contributed by atoms with van der Waals surface area (Å²) in [6, 6.07) is 13.6. The number of piperidine rings is 1. The van der Waals surface area contributed by atoms with Crippen LogP contribution in [0.5, 0.6) is 11.5 Å². The van der Waals surface area contributed by atoms with E-state index in [1.54, 1.807) is 41.4 Å². The lowest BCUT2D eigenvalue weighted by atomic mass is 10.1. The Morgan fingerprint density at radius 3 is 2.79 bits per heavy atom. The van der Waals surface area contributed by atoms with Gasteiger partial charge in [-0.25, -0.2) is 19.0 Å². The van der Waals surface area contributed by atoms with Gasteiger partial charge in [-0.05, 0) is 55.3 Å². The molecule has 0 aliphatic carbocycles. The van der Waals surface area contributed by atoms with Crippen LogP contribution in [-0.4, -0.2) is 43.6 Å². The Hall–Kier alpha value is -4.07. The summed E-state index contributed by atoms with van der Waals surface area (Å²) in [5.41, 5.74) is 2.34. The molecule has 0 spiro atoms. The van der Waals surface area contributed by atoms with Gasteiger partial charge in [0.05, 0.1) is 11.4 Å². The van der Waals surface area contributed by atoms with Crippen LogP contribution in [0, 0.1) is 5.82 Å². The molecule has 0 bridgehead atoms. The van der Waals surface area contributed by atoms with Crippen LogP contribution in [0.1, 0.15) is 18.9 Å². The molecule has 3 heterocycles. The largest absolute Gasteiger partial charge is 0.454 e. The number of nitrogens with zero attached hydrogens (tertiary/aromatic N) is 5. The average molecular weight is 443 g/mol. The van der Waals surface area contributed by atoms with Crippen molar-refractivity contribution in [3.8, 4) is 22.8 Å². The lowest BCUT2D eigenvalue weighted by Gasteiger charge is -2.32. The molecule has 1 atom stereocenters. The van der Waals surface area contributed by atoms with Crippen LogP contribution in [0.3, 0.4) is 0 Å².